The summed E-state index contributed by atoms with van der Waals surface area (Å²) in [5.41, 5.74) is 0. The number of rotatable bonds is 3. The van der Waals surface area contributed by atoms with Crippen molar-refractivity contribution in [1.82, 2.24) is 14.8 Å². The summed E-state index contributed by atoms with van der Waals surface area (Å²) in [5, 5.41) is 7.26. The van der Waals surface area contributed by atoms with Crippen LogP contribution in [0.15, 0.2) is 0 Å². The molecule has 0 aromatic carbocycles. The lowest BCUT2D eigenvalue weighted by Gasteiger charge is -2.24. The van der Waals surface area contributed by atoms with Gasteiger partial charge in [-0.1, -0.05) is 26.2 Å². The molecule has 0 amide bonds. The highest BCUT2D eigenvalue weighted by molar-refractivity contribution is 7.71. The SMILES string of the molecule is CCCc1n[nH]c(=S)n1C1CCCCC1. The van der Waals surface area contributed by atoms with E-state index in [0.717, 1.165) is 23.4 Å². The first-order valence-electron chi connectivity index (χ1n) is 5.98. The number of hydrogen-bond acceptors (Lipinski definition) is 2. The van der Waals surface area contributed by atoms with Crippen LogP contribution in [0.4, 0.5) is 0 Å². The van der Waals surface area contributed by atoms with Crippen molar-refractivity contribution in [2.24, 2.45) is 0 Å². The van der Waals surface area contributed by atoms with Crippen molar-refractivity contribution in [2.75, 3.05) is 0 Å². The van der Waals surface area contributed by atoms with Crippen LogP contribution in [0.1, 0.15) is 57.3 Å². The first kappa shape index (κ1) is 10.9. The van der Waals surface area contributed by atoms with E-state index >= 15 is 0 Å². The lowest BCUT2D eigenvalue weighted by molar-refractivity contribution is 0.342. The molecule has 0 unspecified atom stereocenters. The van der Waals surface area contributed by atoms with Gasteiger partial charge in [0.15, 0.2) is 4.77 Å². The second-order valence-electron chi connectivity index (χ2n) is 4.36. The molecule has 0 radical (unpaired) electrons. The van der Waals surface area contributed by atoms with E-state index in [2.05, 4.69) is 21.7 Å². The second-order valence-corrected chi connectivity index (χ2v) is 4.74. The van der Waals surface area contributed by atoms with Crippen molar-refractivity contribution in [3.63, 3.8) is 0 Å². The van der Waals surface area contributed by atoms with Crippen LogP contribution in [0.2, 0.25) is 0 Å². The summed E-state index contributed by atoms with van der Waals surface area (Å²) in [6, 6.07) is 0.603. The number of hydrogen-bond donors (Lipinski definition) is 1. The fourth-order valence-corrected chi connectivity index (χ4v) is 2.75. The molecule has 2 rings (SSSR count). The van der Waals surface area contributed by atoms with Gasteiger partial charge in [0.05, 0.1) is 0 Å². The normalized spacial score (nSPS) is 18.2. The van der Waals surface area contributed by atoms with Gasteiger partial charge in [0.1, 0.15) is 5.82 Å². The topological polar surface area (TPSA) is 33.6 Å². The molecule has 4 heteroatoms. The lowest BCUT2D eigenvalue weighted by Crippen LogP contribution is -2.15. The van der Waals surface area contributed by atoms with Gasteiger partial charge in [-0.2, -0.15) is 5.10 Å². The van der Waals surface area contributed by atoms with Crippen LogP contribution in [-0.4, -0.2) is 14.8 Å². The Kier molecular flexibility index (Phi) is 3.57. The summed E-state index contributed by atoms with van der Waals surface area (Å²) in [5.74, 6) is 1.15. The lowest BCUT2D eigenvalue weighted by atomic mass is 9.95. The molecule has 0 aliphatic heterocycles. The average molecular weight is 225 g/mol. The fraction of sp³-hybridized carbons (Fsp3) is 0.818. The number of H-pyrrole nitrogens is 1. The molecule has 15 heavy (non-hydrogen) atoms. The number of nitrogens with one attached hydrogen (secondary N) is 1. The first-order chi connectivity index (χ1) is 7.33. The predicted molar refractivity (Wildman–Crippen MR) is 63.5 cm³/mol. The quantitative estimate of drug-likeness (QED) is 0.800. The van der Waals surface area contributed by atoms with Crippen molar-refractivity contribution in [1.29, 1.82) is 0 Å². The molecular weight excluding hydrogens is 206 g/mol. The van der Waals surface area contributed by atoms with Gasteiger partial charge in [0.2, 0.25) is 0 Å². The van der Waals surface area contributed by atoms with E-state index in [-0.39, 0.29) is 0 Å². The smallest absolute Gasteiger partial charge is 0.195 e. The summed E-state index contributed by atoms with van der Waals surface area (Å²) in [6.07, 6.45) is 8.75. The minimum Gasteiger partial charge on any atom is -0.301 e. The summed E-state index contributed by atoms with van der Waals surface area (Å²) >= 11 is 5.31. The monoisotopic (exact) mass is 225 g/mol. The van der Waals surface area contributed by atoms with Gasteiger partial charge in [-0.05, 0) is 31.5 Å². The third-order valence-corrected chi connectivity index (χ3v) is 3.48. The molecule has 84 valence electrons. The van der Waals surface area contributed by atoms with Gasteiger partial charge in [-0.25, -0.2) is 0 Å². The van der Waals surface area contributed by atoms with Crippen LogP contribution in [0.25, 0.3) is 0 Å². The third-order valence-electron chi connectivity index (χ3n) is 3.19. The van der Waals surface area contributed by atoms with E-state index in [1.54, 1.807) is 0 Å². The van der Waals surface area contributed by atoms with Crippen LogP contribution in [0.5, 0.6) is 0 Å². The summed E-state index contributed by atoms with van der Waals surface area (Å²) < 4.78 is 3.07. The van der Waals surface area contributed by atoms with Crippen LogP contribution in [0, 0.1) is 4.77 Å². The van der Waals surface area contributed by atoms with Crippen LogP contribution in [0.3, 0.4) is 0 Å². The van der Waals surface area contributed by atoms with Crippen molar-refractivity contribution < 1.29 is 0 Å². The highest BCUT2D eigenvalue weighted by Crippen LogP contribution is 2.29. The summed E-state index contributed by atoms with van der Waals surface area (Å²) in [7, 11) is 0. The van der Waals surface area contributed by atoms with Crippen molar-refractivity contribution in [3.8, 4) is 0 Å². The van der Waals surface area contributed by atoms with E-state index in [1.165, 1.54) is 32.1 Å². The van der Waals surface area contributed by atoms with E-state index < -0.39 is 0 Å². The molecule has 0 saturated heterocycles. The number of aromatic amines is 1. The van der Waals surface area contributed by atoms with Gasteiger partial charge in [-0.15, -0.1) is 0 Å². The van der Waals surface area contributed by atoms with E-state index in [0.29, 0.717) is 6.04 Å². The van der Waals surface area contributed by atoms with Crippen molar-refractivity contribution in [3.05, 3.63) is 10.6 Å². The Morgan fingerprint density at radius 2 is 2.13 bits per heavy atom. The van der Waals surface area contributed by atoms with Gasteiger partial charge in [0.25, 0.3) is 0 Å². The zero-order valence-electron chi connectivity index (χ0n) is 9.33. The molecule has 1 aromatic rings. The largest absolute Gasteiger partial charge is 0.301 e. The number of aryl methyl sites for hydroxylation is 1. The molecule has 3 nitrogen and oxygen atoms in total. The Hall–Kier alpha value is -0.640. The maximum absolute atomic E-state index is 5.31. The first-order valence-corrected chi connectivity index (χ1v) is 6.39. The van der Waals surface area contributed by atoms with Gasteiger partial charge >= 0.3 is 0 Å². The zero-order valence-corrected chi connectivity index (χ0v) is 10.1. The maximum atomic E-state index is 5.31. The van der Waals surface area contributed by atoms with Crippen LogP contribution in [-0.2, 0) is 6.42 Å². The Labute approximate surface area is 95.9 Å². The molecule has 0 bridgehead atoms. The number of nitrogens with zero attached hydrogens (tertiary/aromatic N) is 2. The second kappa shape index (κ2) is 4.92. The minimum absolute atomic E-state index is 0.603. The predicted octanol–water partition coefficient (Wildman–Crippen LogP) is 3.40. The van der Waals surface area contributed by atoms with Crippen molar-refractivity contribution >= 4 is 12.2 Å². The number of aromatic nitrogens is 3. The van der Waals surface area contributed by atoms with Gasteiger partial charge in [-0.3, -0.25) is 5.10 Å². The molecule has 0 atom stereocenters. The van der Waals surface area contributed by atoms with Crippen molar-refractivity contribution in [2.45, 2.75) is 57.9 Å². The van der Waals surface area contributed by atoms with E-state index in [1.807, 2.05) is 0 Å². The molecule has 1 N–H and O–H groups in total. The highest BCUT2D eigenvalue weighted by atomic mass is 32.1. The maximum Gasteiger partial charge on any atom is 0.195 e. The Morgan fingerprint density at radius 1 is 1.40 bits per heavy atom. The molecule has 0 spiro atoms. The molecular formula is C11H19N3S. The Bertz CT molecular complexity index is 360. The fourth-order valence-electron chi connectivity index (χ4n) is 2.45. The molecule has 1 heterocycles. The molecule has 1 fully saturated rings. The van der Waals surface area contributed by atoms with Gasteiger partial charge < -0.3 is 4.57 Å². The van der Waals surface area contributed by atoms with Crippen LogP contribution >= 0.6 is 12.2 Å². The Balaban J connectivity index is 2.24. The molecule has 1 saturated carbocycles. The minimum atomic E-state index is 0.603. The highest BCUT2D eigenvalue weighted by Gasteiger charge is 2.18. The average Bonchev–Trinajstić information content (AvgIpc) is 2.62. The zero-order chi connectivity index (χ0) is 10.7. The van der Waals surface area contributed by atoms with E-state index in [9.17, 15) is 0 Å². The summed E-state index contributed by atoms with van der Waals surface area (Å²) in [4.78, 5) is 0. The third kappa shape index (κ3) is 2.30. The van der Waals surface area contributed by atoms with E-state index in [4.69, 9.17) is 12.2 Å². The molecule has 1 aliphatic carbocycles. The molecule has 1 aromatic heterocycles. The van der Waals surface area contributed by atoms with Gasteiger partial charge in [0, 0.05) is 12.5 Å². The van der Waals surface area contributed by atoms with Crippen LogP contribution < -0.4 is 0 Å². The standard InChI is InChI=1S/C11H19N3S/c1-2-6-10-12-13-11(15)14(10)9-7-4-3-5-8-9/h9H,2-8H2,1H3,(H,13,15). The summed E-state index contributed by atoms with van der Waals surface area (Å²) in [6.45, 7) is 2.18. The Morgan fingerprint density at radius 3 is 2.80 bits per heavy atom. The molecule has 1 aliphatic rings.